The van der Waals surface area contributed by atoms with Crippen molar-refractivity contribution in [3.05, 3.63) is 34.8 Å². The van der Waals surface area contributed by atoms with Crippen molar-refractivity contribution in [3.63, 3.8) is 0 Å². The van der Waals surface area contributed by atoms with Crippen LogP contribution in [0.5, 0.6) is 5.88 Å². The summed E-state index contributed by atoms with van der Waals surface area (Å²) in [6.45, 7) is 3.62. The highest BCUT2D eigenvalue weighted by Gasteiger charge is 1.99. The monoisotopic (exact) mass is 263 g/mol. The van der Waals surface area contributed by atoms with E-state index in [0.29, 0.717) is 12.5 Å². The number of rotatable bonds is 7. The van der Waals surface area contributed by atoms with Crippen molar-refractivity contribution < 1.29 is 4.74 Å². The van der Waals surface area contributed by atoms with Crippen LogP contribution in [0, 0.1) is 0 Å². The lowest BCUT2D eigenvalue weighted by Crippen LogP contribution is -2.06. The first kappa shape index (κ1) is 12.8. The largest absolute Gasteiger partial charge is 0.478 e. The molecular formula is C13H17N3OS. The summed E-state index contributed by atoms with van der Waals surface area (Å²) in [5.41, 5.74) is 0. The number of ether oxygens (including phenoxy) is 1. The van der Waals surface area contributed by atoms with Crippen molar-refractivity contribution in [3.8, 4) is 5.88 Å². The molecule has 2 aromatic heterocycles. The number of nitrogens with zero attached hydrogens (tertiary/aromatic N) is 2. The van der Waals surface area contributed by atoms with Crippen molar-refractivity contribution in [1.29, 1.82) is 0 Å². The third-order valence-corrected chi connectivity index (χ3v) is 3.29. The number of nitrogens with one attached hydrogen (secondary N) is 1. The van der Waals surface area contributed by atoms with Gasteiger partial charge in [0.2, 0.25) is 5.88 Å². The van der Waals surface area contributed by atoms with Gasteiger partial charge in [0.25, 0.3) is 0 Å². The second kappa shape index (κ2) is 6.96. The van der Waals surface area contributed by atoms with Gasteiger partial charge in [0.05, 0.1) is 6.61 Å². The fraction of sp³-hybridized carbons (Fsp3) is 0.385. The Kier molecular flexibility index (Phi) is 4.96. The molecule has 96 valence electrons. The van der Waals surface area contributed by atoms with E-state index in [1.165, 1.54) is 11.2 Å². The summed E-state index contributed by atoms with van der Waals surface area (Å²) in [7, 11) is 0. The smallest absolute Gasteiger partial charge is 0.218 e. The van der Waals surface area contributed by atoms with Gasteiger partial charge in [-0.25, -0.2) is 9.97 Å². The predicted octanol–water partition coefficient (Wildman–Crippen LogP) is 2.98. The normalized spacial score (nSPS) is 10.3. The fourth-order valence-corrected chi connectivity index (χ4v) is 2.20. The third kappa shape index (κ3) is 4.00. The van der Waals surface area contributed by atoms with Gasteiger partial charge < -0.3 is 10.1 Å². The predicted molar refractivity (Wildman–Crippen MR) is 74.3 cm³/mol. The van der Waals surface area contributed by atoms with Crippen molar-refractivity contribution >= 4 is 17.2 Å². The Balaban J connectivity index is 1.81. The SMILES string of the molecule is CCCOc1cc(NCCc2cccs2)ncn1. The fourth-order valence-electron chi connectivity index (χ4n) is 1.49. The molecule has 1 N–H and O–H groups in total. The second-order valence-electron chi connectivity index (χ2n) is 3.85. The Hall–Kier alpha value is -1.62. The Labute approximate surface area is 111 Å². The summed E-state index contributed by atoms with van der Waals surface area (Å²) in [5.74, 6) is 1.44. The van der Waals surface area contributed by atoms with Crippen molar-refractivity contribution in [1.82, 2.24) is 9.97 Å². The minimum absolute atomic E-state index is 0.630. The molecule has 0 bridgehead atoms. The Bertz CT molecular complexity index is 459. The summed E-state index contributed by atoms with van der Waals surface area (Å²) in [5, 5.41) is 5.37. The molecule has 0 saturated heterocycles. The van der Waals surface area contributed by atoms with E-state index in [1.54, 1.807) is 11.3 Å². The van der Waals surface area contributed by atoms with Crippen molar-refractivity contribution in [2.75, 3.05) is 18.5 Å². The van der Waals surface area contributed by atoms with Gasteiger partial charge in [0.1, 0.15) is 12.1 Å². The van der Waals surface area contributed by atoms with Gasteiger partial charge in [0.15, 0.2) is 0 Å². The molecule has 0 amide bonds. The Morgan fingerprint density at radius 3 is 3.11 bits per heavy atom. The standard InChI is InChI=1S/C13H17N3OS/c1-2-7-17-13-9-12(15-10-16-13)14-6-5-11-4-3-8-18-11/h3-4,8-10H,2,5-7H2,1H3,(H,14,15,16). The molecule has 4 nitrogen and oxygen atoms in total. The average Bonchev–Trinajstić information content (AvgIpc) is 2.90. The van der Waals surface area contributed by atoms with E-state index < -0.39 is 0 Å². The van der Waals surface area contributed by atoms with Gasteiger partial charge in [-0.15, -0.1) is 11.3 Å². The topological polar surface area (TPSA) is 47.0 Å². The van der Waals surface area contributed by atoms with Crippen molar-refractivity contribution in [2.24, 2.45) is 0 Å². The zero-order valence-corrected chi connectivity index (χ0v) is 11.2. The van der Waals surface area contributed by atoms with E-state index in [4.69, 9.17) is 4.74 Å². The van der Waals surface area contributed by atoms with Crippen LogP contribution in [0.3, 0.4) is 0 Å². The molecule has 5 heteroatoms. The molecule has 0 aliphatic rings. The zero-order valence-electron chi connectivity index (χ0n) is 10.4. The Morgan fingerprint density at radius 1 is 1.39 bits per heavy atom. The summed E-state index contributed by atoms with van der Waals surface area (Å²) in [6, 6.07) is 6.05. The average molecular weight is 263 g/mol. The molecule has 0 fully saturated rings. The third-order valence-electron chi connectivity index (χ3n) is 2.35. The lowest BCUT2D eigenvalue weighted by molar-refractivity contribution is 0.305. The molecule has 2 aromatic rings. The van der Waals surface area contributed by atoms with Crippen LogP contribution in [0.25, 0.3) is 0 Å². The number of hydrogen-bond donors (Lipinski definition) is 1. The molecule has 2 heterocycles. The van der Waals surface area contributed by atoms with Gasteiger partial charge in [-0.1, -0.05) is 13.0 Å². The first-order valence-corrected chi connectivity index (χ1v) is 6.97. The molecule has 0 aromatic carbocycles. The van der Waals surface area contributed by atoms with Crippen LogP contribution in [0.4, 0.5) is 5.82 Å². The maximum atomic E-state index is 5.46. The summed E-state index contributed by atoms with van der Waals surface area (Å²) in [4.78, 5) is 9.61. The molecule has 0 unspecified atom stereocenters. The molecule has 0 atom stereocenters. The first-order valence-electron chi connectivity index (χ1n) is 6.09. The first-order chi connectivity index (χ1) is 8.88. The minimum Gasteiger partial charge on any atom is -0.478 e. The highest BCUT2D eigenvalue weighted by Crippen LogP contribution is 2.12. The molecular weight excluding hydrogens is 246 g/mol. The van der Waals surface area contributed by atoms with Crippen LogP contribution < -0.4 is 10.1 Å². The number of thiophene rings is 1. The van der Waals surface area contributed by atoms with Crippen LogP contribution in [-0.2, 0) is 6.42 Å². The lowest BCUT2D eigenvalue weighted by atomic mass is 10.3. The van der Waals surface area contributed by atoms with Gasteiger partial charge in [-0.05, 0) is 24.3 Å². The number of hydrogen-bond acceptors (Lipinski definition) is 5. The van der Waals surface area contributed by atoms with Crippen LogP contribution in [0.15, 0.2) is 29.9 Å². The maximum Gasteiger partial charge on any atom is 0.218 e. The Morgan fingerprint density at radius 2 is 2.33 bits per heavy atom. The molecule has 0 aliphatic carbocycles. The highest BCUT2D eigenvalue weighted by atomic mass is 32.1. The summed E-state index contributed by atoms with van der Waals surface area (Å²) >= 11 is 1.77. The van der Waals surface area contributed by atoms with Crippen LogP contribution >= 0.6 is 11.3 Å². The van der Waals surface area contributed by atoms with Gasteiger partial charge in [-0.2, -0.15) is 0 Å². The van der Waals surface area contributed by atoms with E-state index in [1.807, 2.05) is 6.07 Å². The second-order valence-corrected chi connectivity index (χ2v) is 4.88. The van der Waals surface area contributed by atoms with E-state index in [9.17, 15) is 0 Å². The summed E-state index contributed by atoms with van der Waals surface area (Å²) < 4.78 is 5.46. The van der Waals surface area contributed by atoms with Gasteiger partial charge >= 0.3 is 0 Å². The van der Waals surface area contributed by atoms with Crippen LogP contribution in [0.1, 0.15) is 18.2 Å². The molecule has 0 saturated carbocycles. The van der Waals surface area contributed by atoms with Crippen LogP contribution in [0.2, 0.25) is 0 Å². The van der Waals surface area contributed by atoms with Gasteiger partial charge in [0, 0.05) is 17.5 Å². The molecule has 2 rings (SSSR count). The van der Waals surface area contributed by atoms with E-state index in [2.05, 4.69) is 39.7 Å². The molecule has 0 aliphatic heterocycles. The number of aromatic nitrogens is 2. The van der Waals surface area contributed by atoms with E-state index in [-0.39, 0.29) is 0 Å². The molecule has 0 spiro atoms. The number of anilines is 1. The summed E-state index contributed by atoms with van der Waals surface area (Å²) in [6.07, 6.45) is 3.51. The van der Waals surface area contributed by atoms with E-state index in [0.717, 1.165) is 25.2 Å². The quantitative estimate of drug-likeness (QED) is 0.834. The highest BCUT2D eigenvalue weighted by molar-refractivity contribution is 7.09. The van der Waals surface area contributed by atoms with Crippen LogP contribution in [-0.4, -0.2) is 23.1 Å². The maximum absolute atomic E-state index is 5.46. The zero-order chi connectivity index (χ0) is 12.6. The minimum atomic E-state index is 0.630. The molecule has 18 heavy (non-hydrogen) atoms. The lowest BCUT2D eigenvalue weighted by Gasteiger charge is -2.07. The van der Waals surface area contributed by atoms with E-state index >= 15 is 0 Å². The van der Waals surface area contributed by atoms with Crippen molar-refractivity contribution in [2.45, 2.75) is 19.8 Å². The molecule has 0 radical (unpaired) electrons. The van der Waals surface area contributed by atoms with Gasteiger partial charge in [-0.3, -0.25) is 0 Å².